The first-order chi connectivity index (χ1) is 9.69. The molecule has 1 aliphatic rings. The van der Waals surface area contributed by atoms with Gasteiger partial charge >= 0.3 is 12.0 Å². The molecule has 1 fully saturated rings. The second-order valence-corrected chi connectivity index (χ2v) is 6.03. The molecule has 0 radical (unpaired) electrons. The summed E-state index contributed by atoms with van der Waals surface area (Å²) < 4.78 is 0. The number of nitrogens with zero attached hydrogens (tertiary/aromatic N) is 2. The molecule has 1 rings (SSSR count). The van der Waals surface area contributed by atoms with Gasteiger partial charge in [0.15, 0.2) is 0 Å². The van der Waals surface area contributed by atoms with Gasteiger partial charge in [0.25, 0.3) is 0 Å². The lowest BCUT2D eigenvalue weighted by Crippen LogP contribution is -2.55. The van der Waals surface area contributed by atoms with Crippen LogP contribution in [0.1, 0.15) is 13.3 Å². The van der Waals surface area contributed by atoms with Crippen molar-refractivity contribution in [3.05, 3.63) is 0 Å². The number of carbonyl (C=O) groups is 2. The number of likely N-dealkylation sites (N-methyl/N-ethyl adjacent to an activating group) is 2. The number of hydrogen-bond donors (Lipinski definition) is 4. The first kappa shape index (κ1) is 17.7. The zero-order valence-electron chi connectivity index (χ0n) is 12.9. The SMILES string of the molecule is CN1CCN(C)C(CNC(=O)NCC(C)(O)CC(=O)O)C1. The van der Waals surface area contributed by atoms with Crippen LogP contribution < -0.4 is 10.6 Å². The Morgan fingerprint density at radius 2 is 1.95 bits per heavy atom. The molecule has 2 unspecified atom stereocenters. The van der Waals surface area contributed by atoms with Gasteiger partial charge < -0.3 is 25.7 Å². The monoisotopic (exact) mass is 302 g/mol. The third-order valence-corrected chi connectivity index (χ3v) is 3.64. The molecule has 21 heavy (non-hydrogen) atoms. The van der Waals surface area contributed by atoms with E-state index in [4.69, 9.17) is 5.11 Å². The molecule has 122 valence electrons. The topological polar surface area (TPSA) is 105 Å². The summed E-state index contributed by atoms with van der Waals surface area (Å²) in [6.07, 6.45) is -0.413. The highest BCUT2D eigenvalue weighted by atomic mass is 16.4. The quantitative estimate of drug-likeness (QED) is 0.489. The molecule has 0 aromatic rings. The number of aliphatic hydroxyl groups is 1. The third kappa shape index (κ3) is 6.74. The molecule has 1 heterocycles. The predicted molar refractivity (Wildman–Crippen MR) is 78.2 cm³/mol. The third-order valence-electron chi connectivity index (χ3n) is 3.64. The molecular weight excluding hydrogens is 276 g/mol. The molecule has 1 saturated heterocycles. The molecule has 8 heteroatoms. The predicted octanol–water partition coefficient (Wildman–Crippen LogP) is -1.24. The molecule has 8 nitrogen and oxygen atoms in total. The van der Waals surface area contributed by atoms with Gasteiger partial charge in [-0.15, -0.1) is 0 Å². The van der Waals surface area contributed by atoms with E-state index in [-0.39, 0.29) is 12.6 Å². The highest BCUT2D eigenvalue weighted by Gasteiger charge is 2.26. The lowest BCUT2D eigenvalue weighted by atomic mass is 10.0. The Balaban J connectivity index is 2.29. The maximum absolute atomic E-state index is 11.7. The largest absolute Gasteiger partial charge is 0.481 e. The van der Waals surface area contributed by atoms with Crippen LogP contribution in [0.15, 0.2) is 0 Å². The van der Waals surface area contributed by atoms with Crippen LogP contribution in [0, 0.1) is 0 Å². The van der Waals surface area contributed by atoms with Crippen LogP contribution in [0.5, 0.6) is 0 Å². The van der Waals surface area contributed by atoms with Gasteiger partial charge in [0.2, 0.25) is 0 Å². The summed E-state index contributed by atoms with van der Waals surface area (Å²) >= 11 is 0. The van der Waals surface area contributed by atoms with Crippen molar-refractivity contribution in [2.75, 3.05) is 46.8 Å². The van der Waals surface area contributed by atoms with E-state index < -0.39 is 24.0 Å². The van der Waals surface area contributed by atoms with E-state index in [1.165, 1.54) is 6.92 Å². The first-order valence-electron chi connectivity index (χ1n) is 7.04. The van der Waals surface area contributed by atoms with Gasteiger partial charge in [-0.25, -0.2) is 4.79 Å². The van der Waals surface area contributed by atoms with Crippen molar-refractivity contribution in [2.24, 2.45) is 0 Å². The number of piperazine rings is 1. The second-order valence-electron chi connectivity index (χ2n) is 6.03. The van der Waals surface area contributed by atoms with Gasteiger partial charge in [0.05, 0.1) is 12.0 Å². The molecule has 0 aromatic carbocycles. The van der Waals surface area contributed by atoms with E-state index in [0.29, 0.717) is 6.54 Å². The molecule has 4 N–H and O–H groups in total. The smallest absolute Gasteiger partial charge is 0.314 e. The van der Waals surface area contributed by atoms with Crippen LogP contribution >= 0.6 is 0 Å². The fraction of sp³-hybridized carbons (Fsp3) is 0.846. The first-order valence-corrected chi connectivity index (χ1v) is 7.04. The van der Waals surface area contributed by atoms with Gasteiger partial charge in [-0.3, -0.25) is 9.69 Å². The summed E-state index contributed by atoms with van der Waals surface area (Å²) in [4.78, 5) is 26.7. The number of amides is 2. The number of urea groups is 1. The summed E-state index contributed by atoms with van der Waals surface area (Å²) in [6.45, 7) is 4.63. The van der Waals surface area contributed by atoms with E-state index in [1.807, 2.05) is 14.1 Å². The van der Waals surface area contributed by atoms with Crippen molar-refractivity contribution < 1.29 is 19.8 Å². The molecule has 0 saturated carbocycles. The molecule has 1 aliphatic heterocycles. The average Bonchev–Trinajstić information content (AvgIpc) is 2.36. The van der Waals surface area contributed by atoms with Crippen LogP contribution in [0.4, 0.5) is 4.79 Å². The lowest BCUT2D eigenvalue weighted by Gasteiger charge is -2.37. The van der Waals surface area contributed by atoms with E-state index in [2.05, 4.69) is 20.4 Å². The van der Waals surface area contributed by atoms with Crippen molar-refractivity contribution in [3.8, 4) is 0 Å². The Morgan fingerprint density at radius 1 is 1.29 bits per heavy atom. The fourth-order valence-corrected chi connectivity index (χ4v) is 2.25. The minimum absolute atomic E-state index is 0.106. The highest BCUT2D eigenvalue weighted by Crippen LogP contribution is 2.07. The van der Waals surface area contributed by atoms with Crippen molar-refractivity contribution >= 4 is 12.0 Å². The van der Waals surface area contributed by atoms with Crippen LogP contribution in [-0.4, -0.2) is 90.5 Å². The number of hydrogen-bond acceptors (Lipinski definition) is 5. The van der Waals surface area contributed by atoms with E-state index >= 15 is 0 Å². The van der Waals surface area contributed by atoms with Crippen LogP contribution in [0.2, 0.25) is 0 Å². The Bertz CT molecular complexity index is 375. The molecular formula is C13H26N4O4. The molecule has 0 aromatic heterocycles. The Hall–Kier alpha value is -1.38. The van der Waals surface area contributed by atoms with E-state index in [9.17, 15) is 14.7 Å². The molecule has 2 amide bonds. The summed E-state index contributed by atoms with van der Waals surface area (Å²) in [5, 5.41) is 23.7. The van der Waals surface area contributed by atoms with Crippen molar-refractivity contribution in [1.29, 1.82) is 0 Å². The Morgan fingerprint density at radius 3 is 2.57 bits per heavy atom. The van der Waals surface area contributed by atoms with Crippen molar-refractivity contribution in [1.82, 2.24) is 20.4 Å². The summed E-state index contributed by atoms with van der Waals surface area (Å²) in [5.41, 5.74) is -1.45. The molecule has 2 atom stereocenters. The van der Waals surface area contributed by atoms with Crippen LogP contribution in [-0.2, 0) is 4.79 Å². The fourth-order valence-electron chi connectivity index (χ4n) is 2.25. The van der Waals surface area contributed by atoms with Gasteiger partial charge in [0, 0.05) is 38.8 Å². The minimum atomic E-state index is -1.45. The Labute approximate surface area is 125 Å². The number of nitrogens with one attached hydrogen (secondary N) is 2. The molecule has 0 bridgehead atoms. The number of carboxylic acids is 1. The van der Waals surface area contributed by atoms with E-state index in [1.54, 1.807) is 0 Å². The summed E-state index contributed by atoms with van der Waals surface area (Å²) in [7, 11) is 4.07. The number of carboxylic acid groups (broad SMARTS) is 1. The number of rotatable bonds is 6. The van der Waals surface area contributed by atoms with Gasteiger partial charge in [-0.1, -0.05) is 0 Å². The van der Waals surface area contributed by atoms with Crippen molar-refractivity contribution in [2.45, 2.75) is 25.0 Å². The number of carbonyl (C=O) groups excluding carboxylic acids is 1. The maximum atomic E-state index is 11.7. The zero-order chi connectivity index (χ0) is 16.0. The maximum Gasteiger partial charge on any atom is 0.314 e. The lowest BCUT2D eigenvalue weighted by molar-refractivity contribution is -0.141. The van der Waals surface area contributed by atoms with Gasteiger partial charge in [-0.2, -0.15) is 0 Å². The van der Waals surface area contributed by atoms with E-state index in [0.717, 1.165) is 19.6 Å². The van der Waals surface area contributed by atoms with Crippen LogP contribution in [0.3, 0.4) is 0 Å². The summed E-state index contributed by atoms with van der Waals surface area (Å²) in [6, 6.07) is -0.156. The number of aliphatic carboxylic acids is 1. The van der Waals surface area contributed by atoms with Crippen LogP contribution in [0.25, 0.3) is 0 Å². The van der Waals surface area contributed by atoms with Crippen molar-refractivity contribution in [3.63, 3.8) is 0 Å². The normalized spacial score (nSPS) is 23.3. The zero-order valence-corrected chi connectivity index (χ0v) is 12.9. The van der Waals surface area contributed by atoms with Gasteiger partial charge in [-0.05, 0) is 21.0 Å². The average molecular weight is 302 g/mol. The standard InChI is InChI=1S/C13H26N4O4/c1-13(21,6-11(18)19)9-15-12(20)14-7-10-8-16(2)4-5-17(10)3/h10,21H,4-9H2,1-3H3,(H,18,19)(H2,14,15,20). The summed E-state index contributed by atoms with van der Waals surface area (Å²) in [5.74, 6) is -1.10. The highest BCUT2D eigenvalue weighted by molar-refractivity contribution is 5.74. The Kier molecular flexibility index (Phi) is 6.38. The molecule has 0 spiro atoms. The second kappa shape index (κ2) is 7.58. The molecule has 0 aliphatic carbocycles. The minimum Gasteiger partial charge on any atom is -0.481 e. The van der Waals surface area contributed by atoms with Gasteiger partial charge in [0.1, 0.15) is 0 Å².